The molecule has 7 nitrogen and oxygen atoms in total. The zero-order valence-corrected chi connectivity index (χ0v) is 10.1. The average molecular weight is 246 g/mol. The second-order valence-corrected chi connectivity index (χ2v) is 4.42. The fraction of sp³-hybridized carbons (Fsp3) is 0.455. The number of anilines is 1. The summed E-state index contributed by atoms with van der Waals surface area (Å²) in [6, 6.07) is 3.96. The Morgan fingerprint density at radius 3 is 2.83 bits per heavy atom. The fourth-order valence-corrected chi connectivity index (χ4v) is 2.00. The third kappa shape index (κ3) is 2.04. The molecule has 0 spiro atoms. The Morgan fingerprint density at radius 1 is 1.39 bits per heavy atom. The monoisotopic (exact) mass is 246 g/mol. The van der Waals surface area contributed by atoms with Crippen LogP contribution in [0, 0.1) is 6.92 Å². The highest BCUT2D eigenvalue weighted by Gasteiger charge is 2.20. The molecule has 0 saturated carbocycles. The van der Waals surface area contributed by atoms with Gasteiger partial charge in [0.25, 0.3) is 5.89 Å². The van der Waals surface area contributed by atoms with Crippen LogP contribution in [0.3, 0.4) is 0 Å². The summed E-state index contributed by atoms with van der Waals surface area (Å²) >= 11 is 0. The van der Waals surface area contributed by atoms with E-state index < -0.39 is 0 Å². The molecule has 2 N–H and O–H groups in total. The molecule has 0 amide bonds. The first-order chi connectivity index (χ1) is 8.72. The fourth-order valence-electron chi connectivity index (χ4n) is 2.00. The highest BCUT2D eigenvalue weighted by molar-refractivity contribution is 5.49. The molecule has 94 valence electrons. The Morgan fingerprint density at radius 2 is 2.28 bits per heavy atom. The Labute approximate surface area is 104 Å². The van der Waals surface area contributed by atoms with E-state index in [1.807, 2.05) is 12.1 Å². The van der Waals surface area contributed by atoms with Crippen LogP contribution in [0.5, 0.6) is 0 Å². The van der Waals surface area contributed by atoms with Crippen molar-refractivity contribution in [3.8, 4) is 11.6 Å². The average Bonchev–Trinajstić information content (AvgIpc) is 2.98. The van der Waals surface area contributed by atoms with E-state index >= 15 is 0 Å². The predicted molar refractivity (Wildman–Crippen MR) is 64.9 cm³/mol. The van der Waals surface area contributed by atoms with Crippen LogP contribution in [0.2, 0.25) is 0 Å². The van der Waals surface area contributed by atoms with E-state index in [-0.39, 0.29) is 6.04 Å². The molecule has 0 bridgehead atoms. The van der Waals surface area contributed by atoms with Gasteiger partial charge in [-0.15, -0.1) is 10.2 Å². The van der Waals surface area contributed by atoms with E-state index in [9.17, 15) is 0 Å². The normalized spacial score (nSPS) is 19.4. The summed E-state index contributed by atoms with van der Waals surface area (Å²) in [6.45, 7) is 3.52. The van der Waals surface area contributed by atoms with Gasteiger partial charge in [0.15, 0.2) is 17.3 Å². The Kier molecular flexibility index (Phi) is 2.67. The van der Waals surface area contributed by atoms with Gasteiger partial charge in [0.05, 0.1) is 0 Å². The molecule has 1 fully saturated rings. The van der Waals surface area contributed by atoms with Crippen molar-refractivity contribution < 1.29 is 4.52 Å². The zero-order valence-electron chi connectivity index (χ0n) is 10.1. The molecule has 18 heavy (non-hydrogen) atoms. The van der Waals surface area contributed by atoms with E-state index in [2.05, 4.69) is 25.2 Å². The smallest absolute Gasteiger partial charge is 0.278 e. The minimum absolute atomic E-state index is 0.227. The van der Waals surface area contributed by atoms with Gasteiger partial charge in [0, 0.05) is 19.1 Å². The zero-order chi connectivity index (χ0) is 12.5. The van der Waals surface area contributed by atoms with Crippen molar-refractivity contribution in [3.63, 3.8) is 0 Å². The van der Waals surface area contributed by atoms with E-state index in [0.29, 0.717) is 17.4 Å². The van der Waals surface area contributed by atoms with Gasteiger partial charge in [0.1, 0.15) is 0 Å². The third-order valence-corrected chi connectivity index (χ3v) is 2.95. The number of hydrogen-bond donors (Lipinski definition) is 1. The summed E-state index contributed by atoms with van der Waals surface area (Å²) in [5.41, 5.74) is 6.45. The van der Waals surface area contributed by atoms with Crippen LogP contribution in [-0.2, 0) is 0 Å². The van der Waals surface area contributed by atoms with Crippen molar-refractivity contribution in [2.75, 3.05) is 18.0 Å². The van der Waals surface area contributed by atoms with Crippen LogP contribution in [0.25, 0.3) is 11.6 Å². The van der Waals surface area contributed by atoms with Gasteiger partial charge in [-0.1, -0.05) is 5.16 Å². The molecular formula is C11H14N6O. The summed E-state index contributed by atoms with van der Waals surface area (Å²) in [6.07, 6.45) is 0.992. The molecule has 7 heteroatoms. The van der Waals surface area contributed by atoms with Gasteiger partial charge in [-0.25, -0.2) is 0 Å². The summed E-state index contributed by atoms with van der Waals surface area (Å²) in [5.74, 6) is 1.81. The number of nitrogens with two attached hydrogens (primary N) is 1. The second kappa shape index (κ2) is 4.34. The molecule has 0 aliphatic carbocycles. The maximum atomic E-state index is 5.86. The predicted octanol–water partition coefficient (Wildman–Crippen LogP) is 0.372. The third-order valence-electron chi connectivity index (χ3n) is 2.95. The van der Waals surface area contributed by atoms with Gasteiger partial charge in [-0.2, -0.15) is 4.98 Å². The van der Waals surface area contributed by atoms with Crippen LogP contribution in [0.4, 0.5) is 5.82 Å². The minimum Gasteiger partial charge on any atom is -0.354 e. The molecule has 1 aliphatic heterocycles. The summed E-state index contributed by atoms with van der Waals surface area (Å²) in [4.78, 5) is 6.23. The molecule has 1 atom stereocenters. The summed E-state index contributed by atoms with van der Waals surface area (Å²) < 4.78 is 5.04. The SMILES string of the molecule is Cc1noc(-c2ccc(N3CCC(N)C3)nn2)n1. The number of nitrogens with zero attached hydrogens (tertiary/aromatic N) is 5. The molecule has 2 aromatic rings. The van der Waals surface area contributed by atoms with Crippen LogP contribution < -0.4 is 10.6 Å². The van der Waals surface area contributed by atoms with Gasteiger partial charge in [-0.3, -0.25) is 0 Å². The Balaban J connectivity index is 1.81. The van der Waals surface area contributed by atoms with E-state index in [1.165, 1.54) is 0 Å². The van der Waals surface area contributed by atoms with E-state index in [0.717, 1.165) is 25.3 Å². The van der Waals surface area contributed by atoms with Gasteiger partial charge in [-0.05, 0) is 25.5 Å². The number of hydrogen-bond acceptors (Lipinski definition) is 7. The van der Waals surface area contributed by atoms with Gasteiger partial charge < -0.3 is 15.2 Å². The first-order valence-electron chi connectivity index (χ1n) is 5.87. The number of aromatic nitrogens is 4. The van der Waals surface area contributed by atoms with E-state index in [1.54, 1.807) is 6.92 Å². The van der Waals surface area contributed by atoms with Crippen LogP contribution in [-0.4, -0.2) is 39.5 Å². The number of rotatable bonds is 2. The lowest BCUT2D eigenvalue weighted by atomic mass is 10.3. The lowest BCUT2D eigenvalue weighted by Crippen LogP contribution is -2.27. The van der Waals surface area contributed by atoms with Crippen molar-refractivity contribution in [1.29, 1.82) is 0 Å². The van der Waals surface area contributed by atoms with Crippen molar-refractivity contribution in [2.24, 2.45) is 5.73 Å². The van der Waals surface area contributed by atoms with Crippen molar-refractivity contribution in [3.05, 3.63) is 18.0 Å². The topological polar surface area (TPSA) is 94.0 Å². The Bertz CT molecular complexity index is 537. The number of aryl methyl sites for hydroxylation is 1. The largest absolute Gasteiger partial charge is 0.354 e. The summed E-state index contributed by atoms with van der Waals surface area (Å²) in [7, 11) is 0. The van der Waals surface area contributed by atoms with Crippen molar-refractivity contribution in [2.45, 2.75) is 19.4 Å². The second-order valence-electron chi connectivity index (χ2n) is 4.42. The van der Waals surface area contributed by atoms with Crippen molar-refractivity contribution in [1.82, 2.24) is 20.3 Å². The van der Waals surface area contributed by atoms with Crippen LogP contribution >= 0.6 is 0 Å². The summed E-state index contributed by atoms with van der Waals surface area (Å²) in [5, 5.41) is 12.0. The van der Waals surface area contributed by atoms with Crippen LogP contribution in [0.15, 0.2) is 16.7 Å². The Hall–Kier alpha value is -2.02. The first kappa shape index (κ1) is 11.1. The minimum atomic E-state index is 0.227. The quantitative estimate of drug-likeness (QED) is 0.818. The van der Waals surface area contributed by atoms with Gasteiger partial charge in [0.2, 0.25) is 0 Å². The van der Waals surface area contributed by atoms with E-state index in [4.69, 9.17) is 10.3 Å². The molecule has 3 rings (SSSR count). The van der Waals surface area contributed by atoms with Gasteiger partial charge >= 0.3 is 0 Å². The maximum absolute atomic E-state index is 5.86. The molecule has 0 aromatic carbocycles. The molecule has 1 unspecified atom stereocenters. The maximum Gasteiger partial charge on any atom is 0.278 e. The standard InChI is InChI=1S/C11H14N6O/c1-7-13-11(18-16-7)9-2-3-10(15-14-9)17-5-4-8(12)6-17/h2-3,8H,4-6,12H2,1H3. The molecule has 1 aliphatic rings. The molecule has 3 heterocycles. The molecule has 1 saturated heterocycles. The first-order valence-corrected chi connectivity index (χ1v) is 5.87. The highest BCUT2D eigenvalue weighted by Crippen LogP contribution is 2.19. The lowest BCUT2D eigenvalue weighted by Gasteiger charge is -2.15. The van der Waals surface area contributed by atoms with Crippen molar-refractivity contribution >= 4 is 5.82 Å². The lowest BCUT2D eigenvalue weighted by molar-refractivity contribution is 0.424. The molecule has 0 radical (unpaired) electrons. The molecule has 2 aromatic heterocycles. The van der Waals surface area contributed by atoms with Crippen LogP contribution in [0.1, 0.15) is 12.2 Å². The molecular weight excluding hydrogens is 232 g/mol. The highest BCUT2D eigenvalue weighted by atomic mass is 16.5.